The second-order valence-corrected chi connectivity index (χ2v) is 4.06. The molecule has 0 saturated heterocycles. The molecule has 2 aromatic heterocycles. The van der Waals surface area contributed by atoms with Gasteiger partial charge >= 0.3 is 5.97 Å². The first kappa shape index (κ1) is 9.26. The highest BCUT2D eigenvalue weighted by Gasteiger charge is 2.27. The minimum atomic E-state index is -1.00. The van der Waals surface area contributed by atoms with Crippen molar-refractivity contribution < 1.29 is 9.90 Å². The van der Waals surface area contributed by atoms with E-state index in [4.69, 9.17) is 5.11 Å². The second kappa shape index (κ2) is 3.01. The maximum absolute atomic E-state index is 11.1. The van der Waals surface area contributed by atoms with E-state index in [0.29, 0.717) is 17.3 Å². The molecule has 2 heterocycles. The van der Waals surface area contributed by atoms with Crippen LogP contribution in [-0.2, 0) is 0 Å². The van der Waals surface area contributed by atoms with Gasteiger partial charge in [0.2, 0.25) is 0 Å². The van der Waals surface area contributed by atoms with E-state index in [2.05, 4.69) is 15.3 Å². The molecule has 0 amide bonds. The number of rotatable bonds is 2. The second-order valence-electron chi connectivity index (χ2n) is 4.06. The van der Waals surface area contributed by atoms with Gasteiger partial charge in [-0.25, -0.2) is 9.78 Å². The number of carboxylic acids is 1. The van der Waals surface area contributed by atoms with Crippen LogP contribution in [0.5, 0.6) is 0 Å². The van der Waals surface area contributed by atoms with Crippen molar-refractivity contribution in [2.45, 2.75) is 25.7 Å². The zero-order valence-electron chi connectivity index (χ0n) is 8.71. The summed E-state index contributed by atoms with van der Waals surface area (Å²) in [4.78, 5) is 15.5. The minimum absolute atomic E-state index is 0.132. The monoisotopic (exact) mass is 218 g/mol. The number of aromatic nitrogens is 4. The molecule has 0 radical (unpaired) electrons. The summed E-state index contributed by atoms with van der Waals surface area (Å²) in [7, 11) is 0. The molecule has 0 atom stereocenters. The molecular formula is C10H10N4O2. The third-order valence-electron chi connectivity index (χ3n) is 2.77. The van der Waals surface area contributed by atoms with Gasteiger partial charge in [0.05, 0.1) is 0 Å². The maximum atomic E-state index is 11.1. The normalized spacial score (nSPS) is 15.6. The molecule has 1 aliphatic carbocycles. The third kappa shape index (κ3) is 1.26. The van der Waals surface area contributed by atoms with Crippen molar-refractivity contribution in [1.82, 2.24) is 19.8 Å². The van der Waals surface area contributed by atoms with Gasteiger partial charge in [-0.1, -0.05) is 5.21 Å². The molecule has 6 heteroatoms. The van der Waals surface area contributed by atoms with E-state index in [-0.39, 0.29) is 5.69 Å². The van der Waals surface area contributed by atoms with E-state index >= 15 is 0 Å². The summed E-state index contributed by atoms with van der Waals surface area (Å²) in [5.41, 5.74) is 2.18. The van der Waals surface area contributed by atoms with Crippen LogP contribution < -0.4 is 0 Å². The molecule has 2 aromatic rings. The van der Waals surface area contributed by atoms with Crippen LogP contribution in [-0.4, -0.2) is 30.9 Å². The fourth-order valence-corrected chi connectivity index (χ4v) is 1.74. The highest BCUT2D eigenvalue weighted by molar-refractivity contribution is 5.86. The topological polar surface area (TPSA) is 80.4 Å². The Morgan fingerprint density at radius 1 is 1.56 bits per heavy atom. The third-order valence-corrected chi connectivity index (χ3v) is 2.77. The Morgan fingerprint density at radius 3 is 2.94 bits per heavy atom. The quantitative estimate of drug-likeness (QED) is 0.813. The molecule has 0 bridgehead atoms. The Bertz CT molecular complexity index is 586. The first-order valence-electron chi connectivity index (χ1n) is 5.13. The molecule has 6 nitrogen and oxygen atoms in total. The number of carbonyl (C=O) groups is 1. The number of fused-ring (bicyclic) bond motifs is 1. The zero-order valence-corrected chi connectivity index (χ0v) is 8.71. The van der Waals surface area contributed by atoms with Crippen molar-refractivity contribution in [3.05, 3.63) is 23.1 Å². The van der Waals surface area contributed by atoms with E-state index in [0.717, 1.165) is 18.5 Å². The van der Waals surface area contributed by atoms with Gasteiger partial charge < -0.3 is 5.11 Å². The summed E-state index contributed by atoms with van der Waals surface area (Å²) in [6.07, 6.45) is 2.17. The fourth-order valence-electron chi connectivity index (χ4n) is 1.74. The summed E-state index contributed by atoms with van der Waals surface area (Å²) in [5.74, 6) is -0.586. The van der Waals surface area contributed by atoms with Crippen molar-refractivity contribution in [3.8, 4) is 0 Å². The lowest BCUT2D eigenvalue weighted by Crippen LogP contribution is -2.09. The van der Waals surface area contributed by atoms with Crippen LogP contribution >= 0.6 is 0 Å². The lowest BCUT2D eigenvalue weighted by atomic mass is 10.2. The molecule has 3 rings (SSSR count). The standard InChI is InChI=1S/C10H10N4O2/c1-5-9-11-7(6-2-3-6)4-8(10(15)16)14(9)13-12-5/h4,6H,2-3H2,1H3,(H,15,16). The molecule has 0 unspecified atom stereocenters. The molecule has 1 saturated carbocycles. The van der Waals surface area contributed by atoms with Gasteiger partial charge in [0.25, 0.3) is 0 Å². The van der Waals surface area contributed by atoms with Gasteiger partial charge in [0.15, 0.2) is 11.3 Å². The molecule has 82 valence electrons. The predicted octanol–water partition coefficient (Wildman–Crippen LogP) is 1.01. The largest absolute Gasteiger partial charge is 0.477 e. The number of carboxylic acid groups (broad SMARTS) is 1. The van der Waals surface area contributed by atoms with Crippen LogP contribution in [0.2, 0.25) is 0 Å². The Hall–Kier alpha value is -1.98. The van der Waals surface area contributed by atoms with Crippen molar-refractivity contribution in [2.24, 2.45) is 0 Å². The van der Waals surface area contributed by atoms with Crippen LogP contribution in [0, 0.1) is 6.92 Å². The molecule has 1 fully saturated rings. The molecule has 0 spiro atoms. The van der Waals surface area contributed by atoms with Crippen LogP contribution in [0.1, 0.15) is 40.6 Å². The van der Waals surface area contributed by atoms with Crippen LogP contribution in [0.4, 0.5) is 0 Å². The van der Waals surface area contributed by atoms with Crippen LogP contribution in [0.15, 0.2) is 6.07 Å². The van der Waals surface area contributed by atoms with Gasteiger partial charge in [-0.3, -0.25) is 0 Å². The van der Waals surface area contributed by atoms with Crippen molar-refractivity contribution >= 4 is 11.6 Å². The lowest BCUT2D eigenvalue weighted by molar-refractivity contribution is 0.0686. The highest BCUT2D eigenvalue weighted by Crippen LogP contribution is 2.39. The Balaban J connectivity index is 2.32. The minimum Gasteiger partial charge on any atom is -0.477 e. The Labute approximate surface area is 90.9 Å². The van der Waals surface area contributed by atoms with Gasteiger partial charge in [0, 0.05) is 11.6 Å². The average molecular weight is 218 g/mol. The van der Waals surface area contributed by atoms with Gasteiger partial charge in [-0.15, -0.1) is 5.10 Å². The zero-order chi connectivity index (χ0) is 11.3. The van der Waals surface area contributed by atoms with Gasteiger partial charge in [-0.05, 0) is 25.8 Å². The maximum Gasteiger partial charge on any atom is 0.354 e. The van der Waals surface area contributed by atoms with Crippen molar-refractivity contribution in [1.29, 1.82) is 0 Å². The first-order chi connectivity index (χ1) is 7.66. The van der Waals surface area contributed by atoms with E-state index in [9.17, 15) is 4.79 Å². The van der Waals surface area contributed by atoms with Crippen molar-refractivity contribution in [2.75, 3.05) is 0 Å². The number of aromatic carboxylic acids is 1. The summed E-state index contributed by atoms with van der Waals surface area (Å²) in [5, 5.41) is 16.7. The van der Waals surface area contributed by atoms with Crippen LogP contribution in [0.3, 0.4) is 0 Å². The Kier molecular flexibility index (Phi) is 1.74. The van der Waals surface area contributed by atoms with Crippen LogP contribution in [0.25, 0.3) is 5.65 Å². The molecule has 1 N–H and O–H groups in total. The SMILES string of the molecule is Cc1nnn2c(C(=O)O)cc(C3CC3)nc12. The highest BCUT2D eigenvalue weighted by atomic mass is 16.4. The summed E-state index contributed by atoms with van der Waals surface area (Å²) in [6.45, 7) is 1.78. The molecule has 1 aliphatic rings. The predicted molar refractivity (Wildman–Crippen MR) is 54.5 cm³/mol. The molecular weight excluding hydrogens is 208 g/mol. The smallest absolute Gasteiger partial charge is 0.354 e. The molecule has 0 aliphatic heterocycles. The lowest BCUT2D eigenvalue weighted by Gasteiger charge is -2.02. The van der Waals surface area contributed by atoms with Gasteiger partial charge in [-0.2, -0.15) is 4.52 Å². The average Bonchev–Trinajstić information content (AvgIpc) is 3.03. The van der Waals surface area contributed by atoms with E-state index < -0.39 is 5.97 Å². The number of aryl methyl sites for hydroxylation is 1. The number of hydrogen-bond acceptors (Lipinski definition) is 4. The molecule has 0 aromatic carbocycles. The van der Waals surface area contributed by atoms with E-state index in [1.54, 1.807) is 13.0 Å². The number of nitrogens with zero attached hydrogens (tertiary/aromatic N) is 4. The summed E-state index contributed by atoms with van der Waals surface area (Å²) >= 11 is 0. The molecule has 16 heavy (non-hydrogen) atoms. The summed E-state index contributed by atoms with van der Waals surface area (Å²) in [6, 6.07) is 1.60. The van der Waals surface area contributed by atoms with E-state index in [1.165, 1.54) is 4.52 Å². The number of hydrogen-bond donors (Lipinski definition) is 1. The fraction of sp³-hybridized carbons (Fsp3) is 0.400. The first-order valence-corrected chi connectivity index (χ1v) is 5.13. The Morgan fingerprint density at radius 2 is 2.31 bits per heavy atom. The van der Waals surface area contributed by atoms with Gasteiger partial charge in [0.1, 0.15) is 5.69 Å². The summed E-state index contributed by atoms with van der Waals surface area (Å²) < 4.78 is 1.28. The van der Waals surface area contributed by atoms with Crippen molar-refractivity contribution in [3.63, 3.8) is 0 Å². The van der Waals surface area contributed by atoms with E-state index in [1.807, 2.05) is 0 Å².